The van der Waals surface area contributed by atoms with Gasteiger partial charge in [-0.2, -0.15) is 0 Å². The average molecular weight is 254 g/mol. The second-order valence-corrected chi connectivity index (χ2v) is 6.60. The zero-order chi connectivity index (χ0) is 13.6. The van der Waals surface area contributed by atoms with Gasteiger partial charge in [0.15, 0.2) is 0 Å². The maximum absolute atomic E-state index is 11.1. The van der Waals surface area contributed by atoms with E-state index in [1.165, 1.54) is 12.8 Å². The predicted octanol–water partition coefficient (Wildman–Crippen LogP) is 2.94. The van der Waals surface area contributed by atoms with E-state index in [0.717, 1.165) is 38.6 Å². The van der Waals surface area contributed by atoms with Gasteiger partial charge < -0.3 is 10.2 Å². The summed E-state index contributed by atoms with van der Waals surface area (Å²) in [5, 5.41) is 3.67. The summed E-state index contributed by atoms with van der Waals surface area (Å²) < 4.78 is 0. The van der Waals surface area contributed by atoms with Crippen LogP contribution >= 0.6 is 0 Å². The Morgan fingerprint density at radius 3 is 2.28 bits per heavy atom. The molecular weight excluding hydrogens is 224 g/mol. The third-order valence-corrected chi connectivity index (χ3v) is 3.71. The fourth-order valence-corrected chi connectivity index (χ4v) is 2.83. The van der Waals surface area contributed by atoms with E-state index in [1.54, 1.807) is 0 Å². The summed E-state index contributed by atoms with van der Waals surface area (Å²) in [7, 11) is 0. The van der Waals surface area contributed by atoms with Gasteiger partial charge in [0.2, 0.25) is 6.41 Å². The number of hydrogen-bond donors (Lipinski definition) is 1. The topological polar surface area (TPSA) is 32.3 Å². The van der Waals surface area contributed by atoms with Crippen LogP contribution in [0.5, 0.6) is 0 Å². The molecule has 1 aliphatic carbocycles. The Labute approximate surface area is 112 Å². The lowest BCUT2D eigenvalue weighted by atomic mass is 9.89. The molecule has 106 valence electrons. The van der Waals surface area contributed by atoms with E-state index in [0.29, 0.717) is 12.1 Å². The van der Waals surface area contributed by atoms with Gasteiger partial charge in [0.25, 0.3) is 0 Å². The van der Waals surface area contributed by atoms with Crippen LogP contribution in [0.25, 0.3) is 0 Å². The Kier molecular flexibility index (Phi) is 6.13. The normalized spacial score (nSPS) is 24.9. The van der Waals surface area contributed by atoms with Crippen LogP contribution in [0.2, 0.25) is 0 Å². The number of unbranched alkanes of at least 4 members (excludes halogenated alkanes) is 1. The number of nitrogens with one attached hydrogen (secondary N) is 1. The second kappa shape index (κ2) is 7.13. The molecule has 1 N–H and O–H groups in total. The number of hydrogen-bond acceptors (Lipinski definition) is 2. The Morgan fingerprint density at radius 2 is 1.83 bits per heavy atom. The van der Waals surface area contributed by atoms with E-state index in [2.05, 4.69) is 33.0 Å². The number of nitrogens with zero attached hydrogens (tertiary/aromatic N) is 1. The van der Waals surface area contributed by atoms with Crippen molar-refractivity contribution in [3.8, 4) is 0 Å². The van der Waals surface area contributed by atoms with Crippen LogP contribution < -0.4 is 5.32 Å². The summed E-state index contributed by atoms with van der Waals surface area (Å²) in [5.41, 5.74) is 0.198. The molecule has 18 heavy (non-hydrogen) atoms. The molecule has 0 spiro atoms. The predicted molar refractivity (Wildman–Crippen MR) is 76.6 cm³/mol. The molecular formula is C15H30N2O. The molecule has 0 aromatic carbocycles. The molecule has 0 heterocycles. The minimum absolute atomic E-state index is 0.198. The van der Waals surface area contributed by atoms with Crippen molar-refractivity contribution in [1.82, 2.24) is 10.2 Å². The summed E-state index contributed by atoms with van der Waals surface area (Å²) in [5.74, 6) is 0. The van der Waals surface area contributed by atoms with Crippen LogP contribution in [-0.4, -0.2) is 35.5 Å². The number of carbonyl (C=O) groups is 1. The Hall–Kier alpha value is -0.570. The van der Waals surface area contributed by atoms with Crippen LogP contribution in [0.15, 0.2) is 0 Å². The fourth-order valence-electron chi connectivity index (χ4n) is 2.83. The maximum atomic E-state index is 11.1. The van der Waals surface area contributed by atoms with Crippen molar-refractivity contribution in [1.29, 1.82) is 0 Å². The van der Waals surface area contributed by atoms with Gasteiger partial charge in [0.1, 0.15) is 0 Å². The molecule has 1 amide bonds. The minimum Gasteiger partial charge on any atom is -0.342 e. The van der Waals surface area contributed by atoms with Crippen molar-refractivity contribution < 1.29 is 4.79 Å². The summed E-state index contributed by atoms with van der Waals surface area (Å²) in [4.78, 5) is 13.2. The van der Waals surface area contributed by atoms with Crippen molar-refractivity contribution in [2.75, 3.05) is 6.54 Å². The summed E-state index contributed by atoms with van der Waals surface area (Å²) in [6, 6.07) is 1.10. The van der Waals surface area contributed by atoms with Crippen LogP contribution in [0.1, 0.15) is 66.2 Å². The molecule has 1 fully saturated rings. The number of amides is 1. The first-order chi connectivity index (χ1) is 8.46. The van der Waals surface area contributed by atoms with Crippen LogP contribution in [-0.2, 0) is 4.79 Å². The molecule has 0 atom stereocenters. The third kappa shape index (κ3) is 5.38. The van der Waals surface area contributed by atoms with Crippen molar-refractivity contribution in [3.05, 3.63) is 0 Å². The molecule has 3 nitrogen and oxygen atoms in total. The largest absolute Gasteiger partial charge is 0.342 e. The molecule has 3 heteroatoms. The van der Waals surface area contributed by atoms with Crippen molar-refractivity contribution in [2.45, 2.75) is 83.8 Å². The smallest absolute Gasteiger partial charge is 0.209 e. The molecule has 0 aromatic heterocycles. The zero-order valence-corrected chi connectivity index (χ0v) is 12.5. The van der Waals surface area contributed by atoms with Crippen LogP contribution in [0.4, 0.5) is 0 Å². The van der Waals surface area contributed by atoms with E-state index in [9.17, 15) is 4.79 Å². The van der Waals surface area contributed by atoms with Crippen molar-refractivity contribution in [3.63, 3.8) is 0 Å². The van der Waals surface area contributed by atoms with Gasteiger partial charge in [-0.15, -0.1) is 0 Å². The molecule has 1 rings (SSSR count). The minimum atomic E-state index is 0.198. The highest BCUT2D eigenvalue weighted by Crippen LogP contribution is 2.24. The zero-order valence-electron chi connectivity index (χ0n) is 12.5. The quantitative estimate of drug-likeness (QED) is 0.739. The summed E-state index contributed by atoms with van der Waals surface area (Å²) in [6.45, 7) is 9.77. The van der Waals surface area contributed by atoms with Crippen molar-refractivity contribution in [2.24, 2.45) is 0 Å². The molecule has 1 saturated carbocycles. The van der Waals surface area contributed by atoms with Gasteiger partial charge in [0.05, 0.1) is 0 Å². The SMILES string of the molecule is CCCCN(C=O)C1CCC(NC(C)(C)C)CC1. The molecule has 1 aliphatic rings. The Morgan fingerprint density at radius 1 is 1.22 bits per heavy atom. The molecule has 0 unspecified atom stereocenters. The third-order valence-electron chi connectivity index (χ3n) is 3.71. The molecule has 0 aromatic rings. The lowest BCUT2D eigenvalue weighted by Crippen LogP contribution is -2.48. The van der Waals surface area contributed by atoms with Gasteiger partial charge in [0, 0.05) is 24.2 Å². The maximum Gasteiger partial charge on any atom is 0.209 e. The monoisotopic (exact) mass is 254 g/mol. The molecule has 0 saturated heterocycles. The highest BCUT2D eigenvalue weighted by atomic mass is 16.1. The summed E-state index contributed by atoms with van der Waals surface area (Å²) >= 11 is 0. The van der Waals surface area contributed by atoms with E-state index in [-0.39, 0.29) is 5.54 Å². The lowest BCUT2D eigenvalue weighted by molar-refractivity contribution is -0.121. The molecule has 0 aliphatic heterocycles. The first-order valence-electron chi connectivity index (χ1n) is 7.45. The van der Waals surface area contributed by atoms with E-state index in [4.69, 9.17) is 0 Å². The fraction of sp³-hybridized carbons (Fsp3) is 0.933. The number of carbonyl (C=O) groups excluding carboxylic acids is 1. The van der Waals surface area contributed by atoms with E-state index >= 15 is 0 Å². The second-order valence-electron chi connectivity index (χ2n) is 6.60. The Balaban J connectivity index is 2.35. The van der Waals surface area contributed by atoms with Gasteiger partial charge >= 0.3 is 0 Å². The average Bonchev–Trinajstić information content (AvgIpc) is 2.30. The highest BCUT2D eigenvalue weighted by molar-refractivity contribution is 5.47. The lowest BCUT2D eigenvalue weighted by Gasteiger charge is -2.37. The standard InChI is InChI=1S/C15H30N2O/c1-5-6-11-17(12-18)14-9-7-13(8-10-14)16-15(2,3)4/h12-14,16H,5-11H2,1-4H3. The van der Waals surface area contributed by atoms with Gasteiger partial charge in [-0.3, -0.25) is 4.79 Å². The highest BCUT2D eigenvalue weighted by Gasteiger charge is 2.26. The molecule has 0 radical (unpaired) electrons. The van der Waals surface area contributed by atoms with E-state index < -0.39 is 0 Å². The van der Waals surface area contributed by atoms with Crippen LogP contribution in [0.3, 0.4) is 0 Å². The Bertz CT molecular complexity index is 239. The molecule has 0 bridgehead atoms. The van der Waals surface area contributed by atoms with E-state index in [1.807, 2.05) is 4.90 Å². The first kappa shape index (κ1) is 15.5. The summed E-state index contributed by atoms with van der Waals surface area (Å²) in [6.07, 6.45) is 8.02. The van der Waals surface area contributed by atoms with Crippen molar-refractivity contribution >= 4 is 6.41 Å². The van der Waals surface area contributed by atoms with Gasteiger partial charge in [-0.05, 0) is 52.9 Å². The first-order valence-corrected chi connectivity index (χ1v) is 7.45. The van der Waals surface area contributed by atoms with Crippen LogP contribution in [0, 0.1) is 0 Å². The van der Waals surface area contributed by atoms with Gasteiger partial charge in [-0.25, -0.2) is 0 Å². The van der Waals surface area contributed by atoms with Gasteiger partial charge in [-0.1, -0.05) is 13.3 Å². The number of rotatable bonds is 6.